The van der Waals surface area contributed by atoms with E-state index in [9.17, 15) is 9.18 Å². The molecule has 0 saturated carbocycles. The zero-order valence-corrected chi connectivity index (χ0v) is 12.2. The molecule has 0 saturated heterocycles. The van der Waals surface area contributed by atoms with Gasteiger partial charge < -0.3 is 4.52 Å². The number of ketones is 1. The fourth-order valence-electron chi connectivity index (χ4n) is 2.82. The Morgan fingerprint density at radius 2 is 2.29 bits per heavy atom. The van der Waals surface area contributed by atoms with Crippen molar-refractivity contribution < 1.29 is 13.7 Å². The van der Waals surface area contributed by atoms with E-state index in [-0.39, 0.29) is 17.5 Å². The molecule has 1 atom stereocenters. The van der Waals surface area contributed by atoms with Crippen molar-refractivity contribution in [2.45, 2.75) is 25.7 Å². The minimum Gasteiger partial charge on any atom is -0.360 e. The molecule has 0 N–H and O–H groups in total. The Morgan fingerprint density at radius 1 is 1.43 bits per heavy atom. The Hall–Kier alpha value is -1.68. The van der Waals surface area contributed by atoms with E-state index < -0.39 is 0 Å². The van der Waals surface area contributed by atoms with E-state index >= 15 is 0 Å². The van der Waals surface area contributed by atoms with E-state index in [1.54, 1.807) is 12.1 Å². The van der Waals surface area contributed by atoms with E-state index in [1.165, 1.54) is 12.1 Å². The van der Waals surface area contributed by atoms with Gasteiger partial charge in [0, 0.05) is 23.8 Å². The normalized spacial score (nSPS) is 17.8. The monoisotopic (exact) mass is 307 g/mol. The topological polar surface area (TPSA) is 43.1 Å². The maximum absolute atomic E-state index is 13.4. The number of rotatable bonds is 4. The number of alkyl halides is 1. The molecule has 0 bridgehead atoms. The summed E-state index contributed by atoms with van der Waals surface area (Å²) < 4.78 is 18.7. The smallest absolute Gasteiger partial charge is 0.171 e. The third-order valence-electron chi connectivity index (χ3n) is 3.88. The molecule has 0 fully saturated rings. The lowest BCUT2D eigenvalue weighted by Crippen LogP contribution is -2.22. The van der Waals surface area contributed by atoms with Crippen LogP contribution in [0.1, 0.15) is 35.4 Å². The molecular formula is C16H15ClFNO2. The molecule has 0 amide bonds. The van der Waals surface area contributed by atoms with Gasteiger partial charge in [0.15, 0.2) is 5.78 Å². The van der Waals surface area contributed by atoms with Gasteiger partial charge in [-0.1, -0.05) is 17.3 Å². The zero-order valence-electron chi connectivity index (χ0n) is 11.4. The lowest BCUT2D eigenvalue weighted by atomic mass is 9.82. The predicted molar refractivity (Wildman–Crippen MR) is 78.0 cm³/mol. The van der Waals surface area contributed by atoms with E-state index in [0.29, 0.717) is 34.9 Å². The van der Waals surface area contributed by atoms with Crippen molar-refractivity contribution in [1.82, 2.24) is 5.16 Å². The third-order valence-corrected chi connectivity index (χ3v) is 4.15. The molecule has 3 nitrogen and oxygen atoms in total. The van der Waals surface area contributed by atoms with E-state index in [1.807, 2.05) is 0 Å². The van der Waals surface area contributed by atoms with Crippen LogP contribution < -0.4 is 0 Å². The SMILES string of the molecule is O=C1c2c(-c3cccc(F)c3)noc2CCC1CCCCl. The number of carbonyl (C=O) groups is 1. The molecule has 110 valence electrons. The number of benzene rings is 1. The van der Waals surface area contributed by atoms with Crippen molar-refractivity contribution >= 4 is 17.4 Å². The highest BCUT2D eigenvalue weighted by molar-refractivity contribution is 6.17. The molecule has 1 aromatic heterocycles. The van der Waals surface area contributed by atoms with Crippen molar-refractivity contribution in [3.8, 4) is 11.3 Å². The van der Waals surface area contributed by atoms with Crippen LogP contribution in [0.5, 0.6) is 0 Å². The fraction of sp³-hybridized carbons (Fsp3) is 0.375. The Bertz CT molecular complexity index is 668. The number of carbonyl (C=O) groups excluding carboxylic acids is 1. The highest BCUT2D eigenvalue weighted by atomic mass is 35.5. The molecule has 0 aliphatic heterocycles. The maximum Gasteiger partial charge on any atom is 0.171 e. The van der Waals surface area contributed by atoms with Crippen molar-refractivity contribution in [2.75, 3.05) is 5.88 Å². The highest BCUT2D eigenvalue weighted by Crippen LogP contribution is 2.35. The summed E-state index contributed by atoms with van der Waals surface area (Å²) >= 11 is 5.71. The number of hydrogen-bond acceptors (Lipinski definition) is 3. The first-order chi connectivity index (χ1) is 10.2. The molecule has 0 spiro atoms. The van der Waals surface area contributed by atoms with Crippen LogP contribution in [-0.4, -0.2) is 16.8 Å². The van der Waals surface area contributed by atoms with Crippen LogP contribution in [-0.2, 0) is 6.42 Å². The largest absolute Gasteiger partial charge is 0.360 e. The summed E-state index contributed by atoms with van der Waals surface area (Å²) in [5, 5.41) is 3.99. The number of aromatic nitrogens is 1. The molecule has 0 radical (unpaired) electrons. The highest BCUT2D eigenvalue weighted by Gasteiger charge is 2.33. The summed E-state index contributed by atoms with van der Waals surface area (Å²) in [6, 6.07) is 6.07. The second kappa shape index (κ2) is 5.98. The van der Waals surface area contributed by atoms with Crippen LogP contribution in [0.4, 0.5) is 4.39 Å². The molecule has 1 unspecified atom stereocenters. The van der Waals surface area contributed by atoms with E-state index in [4.69, 9.17) is 16.1 Å². The van der Waals surface area contributed by atoms with Gasteiger partial charge in [0.05, 0.1) is 5.56 Å². The van der Waals surface area contributed by atoms with Crippen molar-refractivity contribution in [2.24, 2.45) is 5.92 Å². The van der Waals surface area contributed by atoms with Gasteiger partial charge in [0.1, 0.15) is 17.3 Å². The Morgan fingerprint density at radius 3 is 3.05 bits per heavy atom. The summed E-state index contributed by atoms with van der Waals surface area (Å²) in [6.07, 6.45) is 3.04. The van der Waals surface area contributed by atoms with E-state index in [2.05, 4.69) is 5.16 Å². The van der Waals surface area contributed by atoms with Crippen LogP contribution >= 0.6 is 11.6 Å². The molecule has 1 aliphatic rings. The average molecular weight is 308 g/mol. The van der Waals surface area contributed by atoms with Gasteiger partial charge in [-0.05, 0) is 31.4 Å². The van der Waals surface area contributed by atoms with Crippen molar-refractivity contribution in [1.29, 1.82) is 0 Å². The molecule has 1 aromatic carbocycles. The number of nitrogens with zero attached hydrogens (tertiary/aromatic N) is 1. The van der Waals surface area contributed by atoms with Gasteiger partial charge in [-0.3, -0.25) is 4.79 Å². The van der Waals surface area contributed by atoms with Gasteiger partial charge in [-0.25, -0.2) is 4.39 Å². The van der Waals surface area contributed by atoms with Gasteiger partial charge in [0.25, 0.3) is 0 Å². The Kier molecular flexibility index (Phi) is 4.06. The Balaban J connectivity index is 1.97. The fourth-order valence-corrected chi connectivity index (χ4v) is 2.98. The lowest BCUT2D eigenvalue weighted by Gasteiger charge is -2.19. The number of halogens is 2. The second-order valence-electron chi connectivity index (χ2n) is 5.27. The number of aryl methyl sites for hydroxylation is 1. The molecule has 21 heavy (non-hydrogen) atoms. The van der Waals surface area contributed by atoms with Crippen LogP contribution in [0.15, 0.2) is 28.8 Å². The predicted octanol–water partition coefficient (Wildman–Crippen LogP) is 4.24. The molecule has 2 aromatic rings. The molecule has 5 heteroatoms. The van der Waals surface area contributed by atoms with Crippen molar-refractivity contribution in [3.05, 3.63) is 41.4 Å². The van der Waals surface area contributed by atoms with Gasteiger partial charge in [-0.2, -0.15) is 0 Å². The lowest BCUT2D eigenvalue weighted by molar-refractivity contribution is 0.0889. The standard InChI is InChI=1S/C16H15ClFNO2/c17-8-2-4-10-6-7-13-14(16(10)20)15(19-21-13)11-3-1-5-12(18)9-11/h1,3,5,9-10H,2,4,6-8H2. The minimum absolute atomic E-state index is 0.0389. The summed E-state index contributed by atoms with van der Waals surface area (Å²) in [4.78, 5) is 12.6. The summed E-state index contributed by atoms with van der Waals surface area (Å²) in [5.74, 6) is 0.814. The zero-order chi connectivity index (χ0) is 14.8. The molecule has 3 rings (SSSR count). The first-order valence-electron chi connectivity index (χ1n) is 7.05. The molecular weight excluding hydrogens is 293 g/mol. The maximum atomic E-state index is 13.4. The minimum atomic E-state index is -0.355. The second-order valence-corrected chi connectivity index (χ2v) is 5.65. The Labute approximate surface area is 127 Å². The third kappa shape index (κ3) is 2.72. The van der Waals surface area contributed by atoms with Gasteiger partial charge in [-0.15, -0.1) is 11.6 Å². The number of fused-ring (bicyclic) bond motifs is 1. The summed E-state index contributed by atoms with van der Waals surface area (Å²) in [7, 11) is 0. The number of hydrogen-bond donors (Lipinski definition) is 0. The van der Waals surface area contributed by atoms with Crippen molar-refractivity contribution in [3.63, 3.8) is 0 Å². The number of Topliss-reactive ketones (excluding diaryl/α,β-unsaturated/α-hetero) is 1. The summed E-state index contributed by atoms with van der Waals surface area (Å²) in [5.41, 5.74) is 1.54. The summed E-state index contributed by atoms with van der Waals surface area (Å²) in [6.45, 7) is 0. The van der Waals surface area contributed by atoms with Gasteiger partial charge in [0.2, 0.25) is 0 Å². The quantitative estimate of drug-likeness (QED) is 0.793. The van der Waals surface area contributed by atoms with E-state index in [0.717, 1.165) is 19.3 Å². The average Bonchev–Trinajstić information content (AvgIpc) is 2.91. The van der Waals surface area contributed by atoms with Crippen LogP contribution in [0, 0.1) is 11.7 Å². The van der Waals surface area contributed by atoms with Gasteiger partial charge >= 0.3 is 0 Å². The first-order valence-corrected chi connectivity index (χ1v) is 7.59. The van der Waals surface area contributed by atoms with Crippen LogP contribution in [0.2, 0.25) is 0 Å². The van der Waals surface area contributed by atoms with Crippen LogP contribution in [0.3, 0.4) is 0 Å². The molecule has 1 heterocycles. The van der Waals surface area contributed by atoms with Crippen LogP contribution in [0.25, 0.3) is 11.3 Å². The first kappa shape index (κ1) is 14.3. The molecule has 1 aliphatic carbocycles.